The highest BCUT2D eigenvalue weighted by atomic mass is 79.9. The van der Waals surface area contributed by atoms with Crippen LogP contribution in [0, 0.1) is 5.82 Å². The van der Waals surface area contributed by atoms with E-state index >= 15 is 0 Å². The van der Waals surface area contributed by atoms with Crippen LogP contribution in [0.5, 0.6) is 0 Å². The van der Waals surface area contributed by atoms with Crippen LogP contribution >= 0.6 is 27.3 Å². The van der Waals surface area contributed by atoms with Crippen LogP contribution in [0.1, 0.15) is 16.1 Å². The van der Waals surface area contributed by atoms with Gasteiger partial charge in [-0.05, 0) is 34.1 Å². The van der Waals surface area contributed by atoms with Crippen molar-refractivity contribution in [2.75, 3.05) is 7.05 Å². The third kappa shape index (κ3) is 2.94. The third-order valence-corrected chi connectivity index (χ3v) is 3.68. The number of aromatic nitrogens is 1. The standard InChI is InChI=1S/C12H10BrFN2OS/c1-16(5-9-6-18-7-15-9)12(17)10-3-2-8(14)4-11(10)13/h2-4,6-7H,5H2,1H3. The summed E-state index contributed by atoms with van der Waals surface area (Å²) in [6, 6.07) is 4.03. The molecule has 3 nitrogen and oxygen atoms in total. The molecule has 6 heteroatoms. The molecule has 1 amide bonds. The molecular formula is C12H10BrFN2OS. The normalized spacial score (nSPS) is 10.4. The topological polar surface area (TPSA) is 33.2 Å². The van der Waals surface area contributed by atoms with Gasteiger partial charge in [0.1, 0.15) is 5.82 Å². The molecule has 0 atom stereocenters. The van der Waals surface area contributed by atoms with E-state index in [0.29, 0.717) is 16.6 Å². The van der Waals surface area contributed by atoms with Crippen LogP contribution in [-0.2, 0) is 6.54 Å². The van der Waals surface area contributed by atoms with E-state index in [1.165, 1.54) is 29.5 Å². The Hall–Kier alpha value is -1.27. The lowest BCUT2D eigenvalue weighted by Crippen LogP contribution is -2.26. The molecule has 2 aromatic rings. The molecule has 0 unspecified atom stereocenters. The van der Waals surface area contributed by atoms with Crippen molar-refractivity contribution < 1.29 is 9.18 Å². The molecule has 0 fully saturated rings. The summed E-state index contributed by atoms with van der Waals surface area (Å²) in [7, 11) is 1.69. The summed E-state index contributed by atoms with van der Waals surface area (Å²) in [6.07, 6.45) is 0. The summed E-state index contributed by atoms with van der Waals surface area (Å²) >= 11 is 4.68. The van der Waals surface area contributed by atoms with Crippen LogP contribution in [0.4, 0.5) is 4.39 Å². The number of halogens is 2. The first-order valence-corrected chi connectivity index (χ1v) is 6.89. The fraction of sp³-hybridized carbons (Fsp3) is 0.167. The molecule has 1 aromatic carbocycles. The Kier molecular flexibility index (Phi) is 4.08. The van der Waals surface area contributed by atoms with Gasteiger partial charge in [0.2, 0.25) is 0 Å². The summed E-state index contributed by atoms with van der Waals surface area (Å²) in [6.45, 7) is 0.437. The van der Waals surface area contributed by atoms with Gasteiger partial charge in [-0.2, -0.15) is 0 Å². The van der Waals surface area contributed by atoms with Crippen LogP contribution in [0.25, 0.3) is 0 Å². The highest BCUT2D eigenvalue weighted by Gasteiger charge is 2.16. The van der Waals surface area contributed by atoms with Crippen molar-refractivity contribution in [2.24, 2.45) is 0 Å². The van der Waals surface area contributed by atoms with Crippen molar-refractivity contribution in [1.82, 2.24) is 9.88 Å². The Balaban J connectivity index is 2.15. The lowest BCUT2D eigenvalue weighted by molar-refractivity contribution is 0.0782. The van der Waals surface area contributed by atoms with Crippen molar-refractivity contribution in [1.29, 1.82) is 0 Å². The van der Waals surface area contributed by atoms with Crippen molar-refractivity contribution >= 4 is 33.2 Å². The summed E-state index contributed by atoms with van der Waals surface area (Å²) in [5, 5.41) is 1.89. The van der Waals surface area contributed by atoms with Gasteiger partial charge in [-0.3, -0.25) is 4.79 Å². The number of hydrogen-bond acceptors (Lipinski definition) is 3. The van der Waals surface area contributed by atoms with Crippen LogP contribution in [-0.4, -0.2) is 22.8 Å². The molecule has 1 aromatic heterocycles. The van der Waals surface area contributed by atoms with E-state index in [2.05, 4.69) is 20.9 Å². The second kappa shape index (κ2) is 5.58. The molecule has 18 heavy (non-hydrogen) atoms. The Morgan fingerprint density at radius 2 is 2.33 bits per heavy atom. The maximum Gasteiger partial charge on any atom is 0.255 e. The quantitative estimate of drug-likeness (QED) is 0.865. The Labute approximate surface area is 116 Å². The molecular weight excluding hydrogens is 319 g/mol. The van der Waals surface area contributed by atoms with Gasteiger partial charge in [0.15, 0.2) is 0 Å². The van der Waals surface area contributed by atoms with Crippen LogP contribution in [0.15, 0.2) is 33.6 Å². The Morgan fingerprint density at radius 3 is 2.94 bits per heavy atom. The van der Waals surface area contributed by atoms with Crippen molar-refractivity contribution in [3.63, 3.8) is 0 Å². The first-order chi connectivity index (χ1) is 8.58. The van der Waals surface area contributed by atoms with Gasteiger partial charge < -0.3 is 4.90 Å². The number of carbonyl (C=O) groups excluding carboxylic acids is 1. The molecule has 0 aliphatic rings. The van der Waals surface area contributed by atoms with E-state index in [1.54, 1.807) is 17.5 Å². The van der Waals surface area contributed by atoms with Crippen molar-refractivity contribution in [3.05, 3.63) is 50.6 Å². The number of benzene rings is 1. The van der Waals surface area contributed by atoms with Crippen molar-refractivity contribution in [3.8, 4) is 0 Å². The third-order valence-electron chi connectivity index (χ3n) is 2.39. The largest absolute Gasteiger partial charge is 0.336 e. The Bertz CT molecular complexity index is 559. The zero-order valence-electron chi connectivity index (χ0n) is 9.56. The first kappa shape index (κ1) is 13.2. The summed E-state index contributed by atoms with van der Waals surface area (Å²) < 4.78 is 13.4. The van der Waals surface area contributed by atoms with Crippen LogP contribution < -0.4 is 0 Å². The maximum atomic E-state index is 13.0. The second-order valence-corrected chi connectivity index (χ2v) is 5.34. The molecule has 0 bridgehead atoms. The molecule has 0 spiro atoms. The van der Waals surface area contributed by atoms with E-state index in [0.717, 1.165) is 5.69 Å². The smallest absolute Gasteiger partial charge is 0.255 e. The predicted molar refractivity (Wildman–Crippen MR) is 72.0 cm³/mol. The molecule has 1 heterocycles. The Morgan fingerprint density at radius 1 is 1.56 bits per heavy atom. The van der Waals surface area contributed by atoms with Gasteiger partial charge >= 0.3 is 0 Å². The number of nitrogens with zero attached hydrogens (tertiary/aromatic N) is 2. The minimum Gasteiger partial charge on any atom is -0.336 e. The summed E-state index contributed by atoms with van der Waals surface area (Å²) in [5.41, 5.74) is 3.00. The summed E-state index contributed by atoms with van der Waals surface area (Å²) in [5.74, 6) is -0.546. The lowest BCUT2D eigenvalue weighted by atomic mass is 10.2. The van der Waals surface area contributed by atoms with Gasteiger partial charge in [0, 0.05) is 16.9 Å². The molecule has 0 aliphatic heterocycles. The van der Waals surface area contributed by atoms with E-state index in [9.17, 15) is 9.18 Å². The predicted octanol–water partition coefficient (Wildman–Crippen LogP) is 3.32. The fourth-order valence-electron chi connectivity index (χ4n) is 1.50. The minimum atomic E-state index is -0.374. The van der Waals surface area contributed by atoms with E-state index in [1.807, 2.05) is 5.38 Å². The SMILES string of the molecule is CN(Cc1cscn1)C(=O)c1ccc(F)cc1Br. The van der Waals surface area contributed by atoms with Gasteiger partial charge in [-0.1, -0.05) is 0 Å². The maximum absolute atomic E-state index is 13.0. The number of hydrogen-bond donors (Lipinski definition) is 0. The fourth-order valence-corrected chi connectivity index (χ4v) is 2.57. The highest BCUT2D eigenvalue weighted by Crippen LogP contribution is 2.20. The lowest BCUT2D eigenvalue weighted by Gasteiger charge is -2.16. The minimum absolute atomic E-state index is 0.171. The number of rotatable bonds is 3. The number of thiazole rings is 1. The van der Waals surface area contributed by atoms with E-state index in [-0.39, 0.29) is 11.7 Å². The van der Waals surface area contributed by atoms with Gasteiger partial charge in [-0.25, -0.2) is 9.37 Å². The second-order valence-electron chi connectivity index (χ2n) is 3.77. The first-order valence-electron chi connectivity index (χ1n) is 5.15. The average Bonchev–Trinajstić information content (AvgIpc) is 2.81. The zero-order valence-corrected chi connectivity index (χ0v) is 12.0. The molecule has 0 saturated carbocycles. The monoisotopic (exact) mass is 328 g/mol. The molecule has 94 valence electrons. The van der Waals surface area contributed by atoms with Gasteiger partial charge in [-0.15, -0.1) is 11.3 Å². The highest BCUT2D eigenvalue weighted by molar-refractivity contribution is 9.10. The van der Waals surface area contributed by atoms with E-state index in [4.69, 9.17) is 0 Å². The van der Waals surface area contributed by atoms with Gasteiger partial charge in [0.05, 0.1) is 23.3 Å². The number of carbonyl (C=O) groups is 1. The number of amides is 1. The van der Waals surface area contributed by atoms with Crippen LogP contribution in [0.2, 0.25) is 0 Å². The van der Waals surface area contributed by atoms with Crippen LogP contribution in [0.3, 0.4) is 0 Å². The molecule has 0 aliphatic carbocycles. The summed E-state index contributed by atoms with van der Waals surface area (Å²) in [4.78, 5) is 17.8. The molecule has 0 saturated heterocycles. The molecule has 2 rings (SSSR count). The average molecular weight is 329 g/mol. The van der Waals surface area contributed by atoms with E-state index < -0.39 is 0 Å². The van der Waals surface area contributed by atoms with Gasteiger partial charge in [0.25, 0.3) is 5.91 Å². The van der Waals surface area contributed by atoms with Crippen molar-refractivity contribution in [2.45, 2.75) is 6.54 Å². The molecule has 0 N–H and O–H groups in total. The molecule has 0 radical (unpaired) electrons. The zero-order chi connectivity index (χ0) is 13.1.